The summed E-state index contributed by atoms with van der Waals surface area (Å²) in [5.41, 5.74) is 2.05. The minimum atomic E-state index is -0.0159. The first-order valence-electron chi connectivity index (χ1n) is 9.23. The van der Waals surface area contributed by atoms with E-state index in [1.54, 1.807) is 19.2 Å². The van der Waals surface area contributed by atoms with E-state index in [2.05, 4.69) is 5.32 Å². The van der Waals surface area contributed by atoms with Crippen LogP contribution in [0.5, 0.6) is 5.75 Å². The molecule has 1 fully saturated rings. The van der Waals surface area contributed by atoms with Crippen LogP contribution in [0.2, 0.25) is 0 Å². The molecule has 0 unspecified atom stereocenters. The first kappa shape index (κ1) is 18.2. The van der Waals surface area contributed by atoms with Crippen LogP contribution in [0.15, 0.2) is 48.5 Å². The maximum atomic E-state index is 12.8. The predicted molar refractivity (Wildman–Crippen MR) is 103 cm³/mol. The Morgan fingerprint density at radius 1 is 1.04 bits per heavy atom. The molecule has 1 saturated carbocycles. The van der Waals surface area contributed by atoms with E-state index in [0.29, 0.717) is 11.3 Å². The Morgan fingerprint density at radius 3 is 2.58 bits per heavy atom. The second-order valence-corrected chi connectivity index (χ2v) is 6.82. The lowest BCUT2D eigenvalue weighted by Crippen LogP contribution is -2.25. The van der Waals surface area contributed by atoms with Crippen LogP contribution in [0.3, 0.4) is 0 Å². The summed E-state index contributed by atoms with van der Waals surface area (Å²) in [6, 6.07) is 14.8. The van der Waals surface area contributed by atoms with Crippen molar-refractivity contribution in [2.45, 2.75) is 38.5 Å². The SMILES string of the molecule is COc1cccc(CC(=O)c2ccccc2NC(=O)C2CCCCC2)c1. The Morgan fingerprint density at radius 2 is 1.81 bits per heavy atom. The zero-order valence-electron chi connectivity index (χ0n) is 15.2. The lowest BCUT2D eigenvalue weighted by molar-refractivity contribution is -0.120. The summed E-state index contributed by atoms with van der Waals surface area (Å²) in [4.78, 5) is 25.3. The highest BCUT2D eigenvalue weighted by Gasteiger charge is 2.22. The van der Waals surface area contributed by atoms with E-state index in [1.165, 1.54) is 6.42 Å². The molecule has 4 heteroatoms. The molecule has 4 nitrogen and oxygen atoms in total. The standard InChI is InChI=1S/C22H25NO3/c1-26-18-11-7-8-16(14-18)15-21(24)19-12-5-6-13-20(19)23-22(25)17-9-3-2-4-10-17/h5-8,11-14,17H,2-4,9-10,15H2,1H3,(H,23,25). The zero-order chi connectivity index (χ0) is 18.4. The molecule has 0 atom stereocenters. The van der Waals surface area contributed by atoms with E-state index in [9.17, 15) is 9.59 Å². The third-order valence-corrected chi connectivity index (χ3v) is 4.96. The average molecular weight is 351 g/mol. The second kappa shape index (κ2) is 8.65. The molecule has 0 aromatic heterocycles. The van der Waals surface area contributed by atoms with Gasteiger partial charge in [-0.05, 0) is 42.7 Å². The predicted octanol–water partition coefficient (Wildman–Crippen LogP) is 4.64. The fourth-order valence-corrected chi connectivity index (χ4v) is 3.50. The molecule has 0 bridgehead atoms. The summed E-state index contributed by atoms with van der Waals surface area (Å²) in [6.45, 7) is 0. The lowest BCUT2D eigenvalue weighted by Gasteiger charge is -2.21. The van der Waals surface area contributed by atoms with Crippen molar-refractivity contribution in [1.29, 1.82) is 0 Å². The molecular weight excluding hydrogens is 326 g/mol. The van der Waals surface area contributed by atoms with Crippen molar-refractivity contribution in [3.63, 3.8) is 0 Å². The van der Waals surface area contributed by atoms with Gasteiger partial charge < -0.3 is 10.1 Å². The van der Waals surface area contributed by atoms with Gasteiger partial charge >= 0.3 is 0 Å². The van der Waals surface area contributed by atoms with Crippen LogP contribution in [0.1, 0.15) is 48.0 Å². The van der Waals surface area contributed by atoms with Gasteiger partial charge in [0.1, 0.15) is 5.75 Å². The Labute approximate surface area is 154 Å². The average Bonchev–Trinajstić information content (AvgIpc) is 2.69. The lowest BCUT2D eigenvalue weighted by atomic mass is 9.88. The molecule has 0 saturated heterocycles. The number of ketones is 1. The highest BCUT2D eigenvalue weighted by Crippen LogP contribution is 2.26. The molecular formula is C22H25NO3. The van der Waals surface area contributed by atoms with Gasteiger partial charge in [-0.1, -0.05) is 43.5 Å². The molecule has 0 radical (unpaired) electrons. The van der Waals surface area contributed by atoms with Gasteiger partial charge in [0.25, 0.3) is 0 Å². The van der Waals surface area contributed by atoms with E-state index < -0.39 is 0 Å². The zero-order valence-corrected chi connectivity index (χ0v) is 15.2. The Balaban J connectivity index is 1.73. The number of hydrogen-bond donors (Lipinski definition) is 1. The molecule has 0 spiro atoms. The van der Waals surface area contributed by atoms with Crippen molar-refractivity contribution in [3.8, 4) is 5.75 Å². The number of nitrogens with one attached hydrogen (secondary N) is 1. The molecule has 2 aromatic carbocycles. The van der Waals surface area contributed by atoms with Crippen LogP contribution in [0.4, 0.5) is 5.69 Å². The van der Waals surface area contributed by atoms with Crippen molar-refractivity contribution in [1.82, 2.24) is 0 Å². The molecule has 1 N–H and O–H groups in total. The van der Waals surface area contributed by atoms with Crippen LogP contribution in [0, 0.1) is 5.92 Å². The van der Waals surface area contributed by atoms with Gasteiger partial charge in [0.05, 0.1) is 12.8 Å². The van der Waals surface area contributed by atoms with Gasteiger partial charge in [-0.2, -0.15) is 0 Å². The first-order valence-corrected chi connectivity index (χ1v) is 9.23. The van der Waals surface area contributed by atoms with E-state index in [0.717, 1.165) is 37.0 Å². The van der Waals surface area contributed by atoms with Gasteiger partial charge in [-0.15, -0.1) is 0 Å². The molecule has 26 heavy (non-hydrogen) atoms. The topological polar surface area (TPSA) is 55.4 Å². The van der Waals surface area contributed by atoms with Crippen LogP contribution in [-0.2, 0) is 11.2 Å². The van der Waals surface area contributed by atoms with E-state index in [1.807, 2.05) is 36.4 Å². The summed E-state index contributed by atoms with van der Waals surface area (Å²) in [5, 5.41) is 2.99. The number of amides is 1. The van der Waals surface area contributed by atoms with Crippen molar-refractivity contribution in [2.24, 2.45) is 5.92 Å². The number of carbonyl (C=O) groups excluding carboxylic acids is 2. The number of benzene rings is 2. The van der Waals surface area contributed by atoms with Crippen molar-refractivity contribution in [2.75, 3.05) is 12.4 Å². The molecule has 1 amide bonds. The van der Waals surface area contributed by atoms with Gasteiger partial charge in [-0.25, -0.2) is 0 Å². The number of Topliss-reactive ketones (excluding diaryl/α,β-unsaturated/α-hetero) is 1. The number of hydrogen-bond acceptors (Lipinski definition) is 3. The number of para-hydroxylation sites is 1. The molecule has 1 aliphatic rings. The van der Waals surface area contributed by atoms with Crippen molar-refractivity contribution in [3.05, 3.63) is 59.7 Å². The summed E-state index contributed by atoms with van der Waals surface area (Å²) in [7, 11) is 1.61. The minimum Gasteiger partial charge on any atom is -0.497 e. The summed E-state index contributed by atoms with van der Waals surface area (Å²) in [5.74, 6) is 0.809. The maximum absolute atomic E-state index is 12.8. The smallest absolute Gasteiger partial charge is 0.227 e. The van der Waals surface area contributed by atoms with E-state index in [-0.39, 0.29) is 24.0 Å². The summed E-state index contributed by atoms with van der Waals surface area (Å²) in [6.07, 6.45) is 5.56. The Kier molecular flexibility index (Phi) is 6.05. The number of carbonyl (C=O) groups is 2. The minimum absolute atomic E-state index is 0.0159. The Bertz CT molecular complexity index is 778. The fourth-order valence-electron chi connectivity index (χ4n) is 3.50. The van der Waals surface area contributed by atoms with Gasteiger partial charge in [0.2, 0.25) is 5.91 Å². The van der Waals surface area contributed by atoms with Gasteiger partial charge in [0, 0.05) is 17.9 Å². The van der Waals surface area contributed by atoms with Crippen molar-refractivity contribution < 1.29 is 14.3 Å². The summed E-state index contributed by atoms with van der Waals surface area (Å²) < 4.78 is 5.22. The van der Waals surface area contributed by atoms with E-state index >= 15 is 0 Å². The summed E-state index contributed by atoms with van der Waals surface area (Å²) >= 11 is 0. The molecule has 0 aliphatic heterocycles. The normalized spacial score (nSPS) is 14.7. The van der Waals surface area contributed by atoms with Crippen LogP contribution in [-0.4, -0.2) is 18.8 Å². The van der Waals surface area contributed by atoms with E-state index in [4.69, 9.17) is 4.74 Å². The number of rotatable bonds is 6. The first-order chi connectivity index (χ1) is 12.7. The second-order valence-electron chi connectivity index (χ2n) is 6.82. The number of methoxy groups -OCH3 is 1. The number of anilines is 1. The highest BCUT2D eigenvalue weighted by atomic mass is 16.5. The maximum Gasteiger partial charge on any atom is 0.227 e. The highest BCUT2D eigenvalue weighted by molar-refractivity contribution is 6.06. The van der Waals surface area contributed by atoms with Crippen LogP contribution >= 0.6 is 0 Å². The molecule has 136 valence electrons. The fraction of sp³-hybridized carbons (Fsp3) is 0.364. The molecule has 0 heterocycles. The van der Waals surface area contributed by atoms with Crippen LogP contribution < -0.4 is 10.1 Å². The number of ether oxygens (including phenoxy) is 1. The molecule has 2 aromatic rings. The Hall–Kier alpha value is -2.62. The van der Waals surface area contributed by atoms with Crippen molar-refractivity contribution >= 4 is 17.4 Å². The molecule has 1 aliphatic carbocycles. The molecule has 3 rings (SSSR count). The van der Waals surface area contributed by atoms with Gasteiger partial charge in [-0.3, -0.25) is 9.59 Å². The monoisotopic (exact) mass is 351 g/mol. The van der Waals surface area contributed by atoms with Crippen LogP contribution in [0.25, 0.3) is 0 Å². The third-order valence-electron chi connectivity index (χ3n) is 4.96. The van der Waals surface area contributed by atoms with Gasteiger partial charge in [0.15, 0.2) is 5.78 Å². The third kappa shape index (κ3) is 4.51. The largest absolute Gasteiger partial charge is 0.497 e. The quantitative estimate of drug-likeness (QED) is 0.772.